The van der Waals surface area contributed by atoms with Gasteiger partial charge in [-0.3, -0.25) is 10.2 Å². The quantitative estimate of drug-likeness (QED) is 0.156. The SMILES string of the molecule is CCCCCCN(C)C(=O)COC(=O)c1ccc(OC(=O)c2ccc(NC(=N)N)cc2)cc1. The van der Waals surface area contributed by atoms with Gasteiger partial charge in [0.05, 0.1) is 11.1 Å². The van der Waals surface area contributed by atoms with Gasteiger partial charge in [0.15, 0.2) is 12.6 Å². The lowest BCUT2D eigenvalue weighted by molar-refractivity contribution is -0.133. The number of benzene rings is 2. The van der Waals surface area contributed by atoms with Gasteiger partial charge >= 0.3 is 11.9 Å². The van der Waals surface area contributed by atoms with Gasteiger partial charge in [-0.05, 0) is 55.0 Å². The highest BCUT2D eigenvalue weighted by atomic mass is 16.5. The normalized spacial score (nSPS) is 10.2. The lowest BCUT2D eigenvalue weighted by atomic mass is 10.2. The van der Waals surface area contributed by atoms with E-state index in [1.807, 2.05) is 0 Å². The first kappa shape index (κ1) is 25.4. The number of rotatable bonds is 11. The van der Waals surface area contributed by atoms with Crippen molar-refractivity contribution in [1.82, 2.24) is 4.90 Å². The van der Waals surface area contributed by atoms with E-state index >= 15 is 0 Å². The molecule has 0 aliphatic heterocycles. The van der Waals surface area contributed by atoms with Crippen molar-refractivity contribution >= 4 is 29.5 Å². The third-order valence-electron chi connectivity index (χ3n) is 4.80. The van der Waals surface area contributed by atoms with Crippen LogP contribution in [0.1, 0.15) is 53.3 Å². The predicted molar refractivity (Wildman–Crippen MR) is 125 cm³/mol. The number of nitrogens with two attached hydrogens (primary N) is 1. The second kappa shape index (κ2) is 12.8. The number of unbranched alkanes of at least 4 members (excludes halogenated alkanes) is 3. The summed E-state index contributed by atoms with van der Waals surface area (Å²) in [5.74, 6) is -1.41. The summed E-state index contributed by atoms with van der Waals surface area (Å²) in [5.41, 5.74) is 6.39. The molecule has 4 N–H and O–H groups in total. The molecule has 0 aromatic heterocycles. The van der Waals surface area contributed by atoms with E-state index < -0.39 is 11.9 Å². The molecule has 0 aliphatic carbocycles. The number of nitrogens with one attached hydrogen (secondary N) is 2. The molecule has 0 unspecified atom stereocenters. The topological polar surface area (TPSA) is 135 Å². The summed E-state index contributed by atoms with van der Waals surface area (Å²) in [7, 11) is 1.69. The van der Waals surface area contributed by atoms with Crippen LogP contribution in [0.4, 0.5) is 5.69 Å². The molecule has 1 amide bonds. The Morgan fingerprint density at radius 2 is 1.55 bits per heavy atom. The highest BCUT2D eigenvalue weighted by Gasteiger charge is 2.14. The monoisotopic (exact) mass is 454 g/mol. The standard InChI is InChI=1S/C24H30N4O5/c1-3-4-5-6-15-28(2)21(29)16-32-22(30)17-9-13-20(14-10-17)33-23(31)18-7-11-19(12-8-18)27-24(25)26/h7-14H,3-6,15-16H2,1-2H3,(H4,25,26,27). The van der Waals surface area contributed by atoms with Crippen molar-refractivity contribution in [1.29, 1.82) is 5.41 Å². The van der Waals surface area contributed by atoms with Crippen molar-refractivity contribution in [3.63, 3.8) is 0 Å². The molecular formula is C24H30N4O5. The molecule has 33 heavy (non-hydrogen) atoms. The number of esters is 2. The number of carbonyl (C=O) groups excluding carboxylic acids is 3. The summed E-state index contributed by atoms with van der Waals surface area (Å²) in [6, 6.07) is 12.1. The third-order valence-corrected chi connectivity index (χ3v) is 4.80. The summed E-state index contributed by atoms with van der Waals surface area (Å²) in [4.78, 5) is 38.1. The van der Waals surface area contributed by atoms with Crippen molar-refractivity contribution in [2.24, 2.45) is 5.73 Å². The molecule has 0 spiro atoms. The first-order valence-corrected chi connectivity index (χ1v) is 10.7. The fraction of sp³-hybridized carbons (Fsp3) is 0.333. The largest absolute Gasteiger partial charge is 0.452 e. The first-order chi connectivity index (χ1) is 15.8. The molecule has 0 saturated carbocycles. The van der Waals surface area contributed by atoms with E-state index in [0.29, 0.717) is 17.8 Å². The average Bonchev–Trinajstić information content (AvgIpc) is 2.80. The number of hydrogen-bond donors (Lipinski definition) is 3. The Labute approximate surface area is 193 Å². The summed E-state index contributed by atoms with van der Waals surface area (Å²) < 4.78 is 10.4. The van der Waals surface area contributed by atoms with Crippen LogP contribution in [0.2, 0.25) is 0 Å². The van der Waals surface area contributed by atoms with E-state index in [9.17, 15) is 14.4 Å². The Kier molecular flexibility index (Phi) is 9.88. The predicted octanol–water partition coefficient (Wildman–Crippen LogP) is 3.41. The van der Waals surface area contributed by atoms with Crippen molar-refractivity contribution < 1.29 is 23.9 Å². The number of ether oxygens (including phenoxy) is 2. The van der Waals surface area contributed by atoms with Crippen LogP contribution < -0.4 is 15.8 Å². The zero-order valence-corrected chi connectivity index (χ0v) is 18.9. The summed E-state index contributed by atoms with van der Waals surface area (Å²) >= 11 is 0. The average molecular weight is 455 g/mol. The van der Waals surface area contributed by atoms with Crippen LogP contribution >= 0.6 is 0 Å². The Balaban J connectivity index is 1.82. The number of hydrogen-bond acceptors (Lipinski definition) is 6. The van der Waals surface area contributed by atoms with Gasteiger partial charge in [0.25, 0.3) is 5.91 Å². The van der Waals surface area contributed by atoms with E-state index in [1.165, 1.54) is 36.4 Å². The van der Waals surface area contributed by atoms with E-state index in [0.717, 1.165) is 25.7 Å². The van der Waals surface area contributed by atoms with Crippen molar-refractivity contribution in [2.75, 3.05) is 25.5 Å². The third kappa shape index (κ3) is 8.64. The maximum absolute atomic E-state index is 12.3. The zero-order valence-electron chi connectivity index (χ0n) is 18.9. The number of amides is 1. The van der Waals surface area contributed by atoms with Crippen LogP contribution in [-0.4, -0.2) is 48.9 Å². The van der Waals surface area contributed by atoms with Gasteiger partial charge in [-0.2, -0.15) is 0 Å². The summed E-state index contributed by atoms with van der Waals surface area (Å²) in [6.45, 7) is 2.43. The molecule has 9 heteroatoms. The van der Waals surface area contributed by atoms with E-state index in [2.05, 4.69) is 12.2 Å². The molecule has 0 atom stereocenters. The van der Waals surface area contributed by atoms with Crippen LogP contribution in [0, 0.1) is 5.41 Å². The minimum Gasteiger partial charge on any atom is -0.452 e. The van der Waals surface area contributed by atoms with Gasteiger partial charge in [-0.1, -0.05) is 26.2 Å². The smallest absolute Gasteiger partial charge is 0.343 e. The van der Waals surface area contributed by atoms with E-state index in [-0.39, 0.29) is 29.8 Å². The van der Waals surface area contributed by atoms with Gasteiger partial charge in [0, 0.05) is 19.3 Å². The summed E-state index contributed by atoms with van der Waals surface area (Å²) in [6.07, 6.45) is 4.24. The molecule has 9 nitrogen and oxygen atoms in total. The second-order valence-corrected chi connectivity index (χ2v) is 7.48. The molecule has 0 heterocycles. The van der Waals surface area contributed by atoms with Crippen LogP contribution in [0.3, 0.4) is 0 Å². The van der Waals surface area contributed by atoms with Gasteiger partial charge < -0.3 is 25.4 Å². The number of anilines is 1. The van der Waals surface area contributed by atoms with Crippen LogP contribution in [-0.2, 0) is 9.53 Å². The molecule has 0 bridgehead atoms. The van der Waals surface area contributed by atoms with Crippen molar-refractivity contribution in [2.45, 2.75) is 32.6 Å². The van der Waals surface area contributed by atoms with E-state index in [4.69, 9.17) is 20.6 Å². The maximum atomic E-state index is 12.3. The molecule has 2 aromatic rings. The van der Waals surface area contributed by atoms with Crippen LogP contribution in [0.15, 0.2) is 48.5 Å². The fourth-order valence-electron chi connectivity index (χ4n) is 2.89. The Bertz CT molecular complexity index is 958. The second-order valence-electron chi connectivity index (χ2n) is 7.48. The van der Waals surface area contributed by atoms with Gasteiger partial charge in [0.2, 0.25) is 0 Å². The highest BCUT2D eigenvalue weighted by molar-refractivity contribution is 5.94. The lowest BCUT2D eigenvalue weighted by Crippen LogP contribution is -2.32. The minimum absolute atomic E-state index is 0.206. The molecular weight excluding hydrogens is 424 g/mol. The van der Waals surface area contributed by atoms with Crippen molar-refractivity contribution in [3.8, 4) is 5.75 Å². The van der Waals surface area contributed by atoms with Gasteiger partial charge in [-0.25, -0.2) is 9.59 Å². The maximum Gasteiger partial charge on any atom is 0.343 e. The first-order valence-electron chi connectivity index (χ1n) is 10.7. The summed E-state index contributed by atoms with van der Waals surface area (Å²) in [5, 5.41) is 9.81. The molecule has 0 fully saturated rings. The number of guanidine groups is 1. The molecule has 176 valence electrons. The van der Waals surface area contributed by atoms with Crippen LogP contribution in [0.5, 0.6) is 5.75 Å². The highest BCUT2D eigenvalue weighted by Crippen LogP contribution is 2.16. The van der Waals surface area contributed by atoms with E-state index in [1.54, 1.807) is 24.1 Å². The van der Waals surface area contributed by atoms with Crippen LogP contribution in [0.25, 0.3) is 0 Å². The zero-order chi connectivity index (χ0) is 24.2. The Morgan fingerprint density at radius 1 is 0.939 bits per heavy atom. The number of carbonyl (C=O) groups is 3. The molecule has 0 saturated heterocycles. The lowest BCUT2D eigenvalue weighted by Gasteiger charge is -2.17. The molecule has 2 rings (SSSR count). The molecule has 0 aliphatic rings. The number of likely N-dealkylation sites (N-methyl/N-ethyl adjacent to an activating group) is 1. The van der Waals surface area contributed by atoms with Gasteiger partial charge in [-0.15, -0.1) is 0 Å². The number of nitrogens with zero attached hydrogens (tertiary/aromatic N) is 1. The molecule has 2 aromatic carbocycles. The Hall–Kier alpha value is -3.88. The molecule has 0 radical (unpaired) electrons. The van der Waals surface area contributed by atoms with Crippen molar-refractivity contribution in [3.05, 3.63) is 59.7 Å². The minimum atomic E-state index is -0.630. The Morgan fingerprint density at radius 3 is 2.15 bits per heavy atom. The fourth-order valence-corrected chi connectivity index (χ4v) is 2.89. The van der Waals surface area contributed by atoms with Gasteiger partial charge in [0.1, 0.15) is 5.75 Å².